The number of nitrogen functional groups attached to an aromatic ring is 1. The summed E-state index contributed by atoms with van der Waals surface area (Å²) in [6, 6.07) is 11.8. The van der Waals surface area contributed by atoms with Crippen molar-refractivity contribution < 1.29 is 4.74 Å². The second kappa shape index (κ2) is 9.60. The number of rotatable bonds is 7. The van der Waals surface area contributed by atoms with Gasteiger partial charge in [-0.25, -0.2) is 0 Å². The molecule has 0 spiro atoms. The molecule has 3 aromatic rings. The summed E-state index contributed by atoms with van der Waals surface area (Å²) in [6.07, 6.45) is 4.26. The van der Waals surface area contributed by atoms with Gasteiger partial charge in [-0.1, -0.05) is 18.2 Å². The van der Waals surface area contributed by atoms with Gasteiger partial charge in [0, 0.05) is 29.4 Å². The molecule has 4 nitrogen and oxygen atoms in total. The minimum Gasteiger partial charge on any atom is -0.493 e. The van der Waals surface area contributed by atoms with Crippen LogP contribution in [0.4, 0.5) is 5.69 Å². The molecule has 0 fully saturated rings. The Kier molecular flexibility index (Phi) is 7.49. The quantitative estimate of drug-likeness (QED) is 0.458. The molecule has 0 radical (unpaired) electrons. The fourth-order valence-electron chi connectivity index (χ4n) is 2.74. The largest absolute Gasteiger partial charge is 0.493 e. The van der Waals surface area contributed by atoms with Crippen molar-refractivity contribution in [1.29, 1.82) is 0 Å². The average molecular weight is 392 g/mol. The molecule has 0 atom stereocenters. The van der Waals surface area contributed by atoms with E-state index in [0.717, 1.165) is 46.4 Å². The van der Waals surface area contributed by atoms with Crippen LogP contribution in [0.3, 0.4) is 0 Å². The Hall–Kier alpha value is -2.04. The molecule has 138 valence electrons. The molecule has 2 N–H and O–H groups in total. The Labute approximate surface area is 165 Å². The van der Waals surface area contributed by atoms with Gasteiger partial charge in [0.2, 0.25) is 0 Å². The number of ether oxygens (including phenoxy) is 1. The molecule has 0 aliphatic heterocycles. The summed E-state index contributed by atoms with van der Waals surface area (Å²) in [4.78, 5) is 9.21. The van der Waals surface area contributed by atoms with Gasteiger partial charge in [-0.15, -0.1) is 24.0 Å². The van der Waals surface area contributed by atoms with Gasteiger partial charge < -0.3 is 10.5 Å². The number of fused-ring (bicyclic) bond motifs is 1. The van der Waals surface area contributed by atoms with Crippen LogP contribution in [0.5, 0.6) is 5.75 Å². The highest BCUT2D eigenvalue weighted by Gasteiger charge is 2.11. The fraction of sp³-hybridized carbons (Fsp3) is 0.300. The van der Waals surface area contributed by atoms with E-state index in [1.807, 2.05) is 43.3 Å². The van der Waals surface area contributed by atoms with Crippen LogP contribution in [0.2, 0.25) is 0 Å². The second-order valence-corrected chi connectivity index (χ2v) is 6.40. The topological polar surface area (TPSA) is 61.0 Å². The molecule has 2 aromatic heterocycles. The molecular formula is C20H23Cl2N3O. The van der Waals surface area contributed by atoms with E-state index >= 15 is 0 Å². The normalized spacial score (nSPS) is 10.5. The Balaban J connectivity index is 0.00000243. The van der Waals surface area contributed by atoms with Crippen LogP contribution in [-0.2, 0) is 6.42 Å². The van der Waals surface area contributed by atoms with Crippen LogP contribution < -0.4 is 10.5 Å². The van der Waals surface area contributed by atoms with E-state index in [2.05, 4.69) is 4.98 Å². The van der Waals surface area contributed by atoms with Crippen LogP contribution in [0.25, 0.3) is 10.9 Å². The molecule has 0 aliphatic carbocycles. The summed E-state index contributed by atoms with van der Waals surface area (Å²) >= 11 is 5.70. The predicted octanol–water partition coefficient (Wildman–Crippen LogP) is 4.93. The van der Waals surface area contributed by atoms with Crippen molar-refractivity contribution in [3.05, 3.63) is 59.5 Å². The molecule has 2 heterocycles. The maximum Gasteiger partial charge on any atom is 0.125 e. The number of nitrogens with two attached hydrogens (primary N) is 1. The lowest BCUT2D eigenvalue weighted by Crippen LogP contribution is -2.05. The standard InChI is InChI=1S/C20H22ClN3O.ClH/c1-14-18(23-10-8-20(14)25-11-5-4-9-21)13-19-16(22)12-15-6-2-3-7-17(15)24-19;/h2-3,6-8,10,12H,4-5,9,11,13,22H2,1H3;1H. The van der Waals surface area contributed by atoms with Crippen LogP contribution >= 0.6 is 24.0 Å². The summed E-state index contributed by atoms with van der Waals surface area (Å²) in [6.45, 7) is 2.68. The van der Waals surface area contributed by atoms with E-state index in [-0.39, 0.29) is 12.4 Å². The van der Waals surface area contributed by atoms with E-state index in [1.165, 1.54) is 0 Å². The number of pyridine rings is 2. The number of benzene rings is 1. The summed E-state index contributed by atoms with van der Waals surface area (Å²) in [5, 5.41) is 1.05. The van der Waals surface area contributed by atoms with E-state index < -0.39 is 0 Å². The van der Waals surface area contributed by atoms with E-state index in [4.69, 9.17) is 27.1 Å². The Bertz CT molecular complexity index is 871. The number of aromatic nitrogens is 2. The van der Waals surface area contributed by atoms with Gasteiger partial charge in [0.15, 0.2) is 0 Å². The first-order chi connectivity index (χ1) is 12.2. The number of alkyl halides is 1. The Morgan fingerprint density at radius 1 is 1.12 bits per heavy atom. The molecule has 3 rings (SSSR count). The van der Waals surface area contributed by atoms with E-state index in [0.29, 0.717) is 24.6 Å². The van der Waals surface area contributed by atoms with Crippen molar-refractivity contribution in [3.63, 3.8) is 0 Å². The molecule has 26 heavy (non-hydrogen) atoms. The molecule has 0 bridgehead atoms. The molecule has 0 aliphatic rings. The molecule has 0 amide bonds. The van der Waals surface area contributed by atoms with Crippen molar-refractivity contribution >= 4 is 40.6 Å². The molecule has 6 heteroatoms. The van der Waals surface area contributed by atoms with Crippen LogP contribution in [0.15, 0.2) is 42.6 Å². The van der Waals surface area contributed by atoms with Gasteiger partial charge >= 0.3 is 0 Å². The summed E-state index contributed by atoms with van der Waals surface area (Å²) < 4.78 is 5.87. The smallest absolute Gasteiger partial charge is 0.125 e. The lowest BCUT2D eigenvalue weighted by Gasteiger charge is -2.13. The number of hydrogen-bond donors (Lipinski definition) is 1. The van der Waals surface area contributed by atoms with Crippen molar-refractivity contribution in [1.82, 2.24) is 9.97 Å². The molecule has 0 saturated heterocycles. The third-order valence-corrected chi connectivity index (χ3v) is 4.48. The lowest BCUT2D eigenvalue weighted by molar-refractivity contribution is 0.307. The molecule has 0 saturated carbocycles. The summed E-state index contributed by atoms with van der Waals surface area (Å²) in [7, 11) is 0. The number of nitrogens with zero attached hydrogens (tertiary/aromatic N) is 2. The Morgan fingerprint density at radius 2 is 1.92 bits per heavy atom. The van der Waals surface area contributed by atoms with Gasteiger partial charge in [-0.2, -0.15) is 0 Å². The first-order valence-corrected chi connectivity index (χ1v) is 9.00. The molecule has 1 aromatic carbocycles. The van der Waals surface area contributed by atoms with Gasteiger partial charge in [0.25, 0.3) is 0 Å². The van der Waals surface area contributed by atoms with Crippen LogP contribution in [0, 0.1) is 6.92 Å². The summed E-state index contributed by atoms with van der Waals surface area (Å²) in [5.74, 6) is 1.52. The van der Waals surface area contributed by atoms with Crippen molar-refractivity contribution in [2.45, 2.75) is 26.2 Å². The zero-order chi connectivity index (χ0) is 17.6. The number of unbranched alkanes of at least 4 members (excludes halogenated alkanes) is 1. The summed E-state index contributed by atoms with van der Waals surface area (Å²) in [5.41, 5.74) is 10.6. The highest BCUT2D eigenvalue weighted by Crippen LogP contribution is 2.25. The van der Waals surface area contributed by atoms with E-state index in [1.54, 1.807) is 6.20 Å². The third kappa shape index (κ3) is 4.77. The molecular weight excluding hydrogens is 369 g/mol. The monoisotopic (exact) mass is 391 g/mol. The van der Waals surface area contributed by atoms with Gasteiger partial charge in [0.1, 0.15) is 5.75 Å². The molecule has 0 unspecified atom stereocenters. The van der Waals surface area contributed by atoms with Crippen LogP contribution in [-0.4, -0.2) is 22.5 Å². The SMILES string of the molecule is Cc1c(OCCCCCl)ccnc1Cc1nc2ccccc2cc1N.Cl. The number of anilines is 1. The fourth-order valence-corrected chi connectivity index (χ4v) is 2.93. The minimum atomic E-state index is 0. The third-order valence-electron chi connectivity index (χ3n) is 4.22. The number of halogens is 2. The van der Waals surface area contributed by atoms with Gasteiger partial charge in [0.05, 0.1) is 29.2 Å². The van der Waals surface area contributed by atoms with Crippen LogP contribution in [0.1, 0.15) is 29.8 Å². The maximum atomic E-state index is 6.20. The highest BCUT2D eigenvalue weighted by atomic mass is 35.5. The first kappa shape index (κ1) is 20.3. The Morgan fingerprint density at radius 3 is 2.73 bits per heavy atom. The first-order valence-electron chi connectivity index (χ1n) is 8.46. The van der Waals surface area contributed by atoms with Gasteiger partial charge in [-0.05, 0) is 38.0 Å². The second-order valence-electron chi connectivity index (χ2n) is 6.02. The predicted molar refractivity (Wildman–Crippen MR) is 111 cm³/mol. The highest BCUT2D eigenvalue weighted by molar-refractivity contribution is 6.17. The van der Waals surface area contributed by atoms with Crippen molar-refractivity contribution in [3.8, 4) is 5.75 Å². The van der Waals surface area contributed by atoms with Crippen molar-refractivity contribution in [2.24, 2.45) is 0 Å². The van der Waals surface area contributed by atoms with Gasteiger partial charge in [-0.3, -0.25) is 9.97 Å². The van der Waals surface area contributed by atoms with Crippen molar-refractivity contribution in [2.75, 3.05) is 18.2 Å². The zero-order valence-corrected chi connectivity index (χ0v) is 16.3. The number of para-hydroxylation sites is 1. The average Bonchev–Trinajstić information content (AvgIpc) is 2.62. The van der Waals surface area contributed by atoms with E-state index in [9.17, 15) is 0 Å². The lowest BCUT2D eigenvalue weighted by atomic mass is 10.1. The zero-order valence-electron chi connectivity index (χ0n) is 14.7. The maximum absolute atomic E-state index is 6.20. The minimum absolute atomic E-state index is 0. The number of hydrogen-bond acceptors (Lipinski definition) is 4.